The maximum absolute atomic E-state index is 13.7. The summed E-state index contributed by atoms with van der Waals surface area (Å²) in [6.45, 7) is 3.02. The molecule has 1 heterocycles. The van der Waals surface area contributed by atoms with Crippen molar-refractivity contribution in [2.45, 2.75) is 25.8 Å². The van der Waals surface area contributed by atoms with Gasteiger partial charge in [-0.1, -0.05) is 15.9 Å². The standard InChI is InChI=1S/C13H15BrFNO2/c1-8-10(14)2-3-11(15)12(8)13(17)16-9-4-6-18-7-5-9/h2-3,9H,4-7H2,1H3,(H,16,17). The molecule has 1 aromatic carbocycles. The molecule has 0 spiro atoms. The van der Waals surface area contributed by atoms with Gasteiger partial charge >= 0.3 is 0 Å². The van der Waals surface area contributed by atoms with Crippen LogP contribution in [0.25, 0.3) is 0 Å². The van der Waals surface area contributed by atoms with Crippen molar-refractivity contribution in [2.24, 2.45) is 0 Å². The van der Waals surface area contributed by atoms with Gasteiger partial charge in [-0.05, 0) is 37.5 Å². The van der Waals surface area contributed by atoms with Crippen LogP contribution in [0.1, 0.15) is 28.8 Å². The van der Waals surface area contributed by atoms with Crippen LogP contribution in [0, 0.1) is 12.7 Å². The average Bonchev–Trinajstić information content (AvgIpc) is 2.36. The highest BCUT2D eigenvalue weighted by molar-refractivity contribution is 9.10. The molecule has 0 saturated carbocycles. The second-order valence-electron chi connectivity index (χ2n) is 4.39. The van der Waals surface area contributed by atoms with Gasteiger partial charge in [0, 0.05) is 23.7 Å². The topological polar surface area (TPSA) is 38.3 Å². The van der Waals surface area contributed by atoms with Gasteiger partial charge in [-0.2, -0.15) is 0 Å². The molecule has 1 saturated heterocycles. The molecule has 1 aliphatic heterocycles. The Morgan fingerprint density at radius 2 is 2.11 bits per heavy atom. The first-order valence-corrected chi connectivity index (χ1v) is 6.72. The highest BCUT2D eigenvalue weighted by Gasteiger charge is 2.21. The van der Waals surface area contributed by atoms with Crippen LogP contribution in [0.15, 0.2) is 16.6 Å². The van der Waals surface area contributed by atoms with Gasteiger partial charge in [0.2, 0.25) is 0 Å². The number of halogens is 2. The summed E-state index contributed by atoms with van der Waals surface area (Å²) < 4.78 is 19.7. The van der Waals surface area contributed by atoms with Gasteiger partial charge in [0.05, 0.1) is 5.56 Å². The van der Waals surface area contributed by atoms with Crippen molar-refractivity contribution in [1.29, 1.82) is 0 Å². The number of amides is 1. The van der Waals surface area contributed by atoms with Crippen molar-refractivity contribution in [3.63, 3.8) is 0 Å². The molecule has 1 amide bonds. The third kappa shape index (κ3) is 2.90. The van der Waals surface area contributed by atoms with E-state index in [9.17, 15) is 9.18 Å². The van der Waals surface area contributed by atoms with Gasteiger partial charge < -0.3 is 10.1 Å². The monoisotopic (exact) mass is 315 g/mol. The third-order valence-electron chi connectivity index (χ3n) is 3.13. The molecule has 2 rings (SSSR count). The SMILES string of the molecule is Cc1c(Br)ccc(F)c1C(=O)NC1CCOCC1. The molecule has 0 atom stereocenters. The minimum absolute atomic E-state index is 0.0732. The number of carbonyl (C=O) groups excluding carboxylic acids is 1. The van der Waals surface area contributed by atoms with Crippen molar-refractivity contribution in [1.82, 2.24) is 5.32 Å². The average molecular weight is 316 g/mol. The number of hydrogen-bond donors (Lipinski definition) is 1. The van der Waals surface area contributed by atoms with Crippen molar-refractivity contribution in [2.75, 3.05) is 13.2 Å². The second-order valence-corrected chi connectivity index (χ2v) is 5.24. The second kappa shape index (κ2) is 5.80. The van der Waals surface area contributed by atoms with Crippen LogP contribution in [-0.4, -0.2) is 25.2 Å². The van der Waals surface area contributed by atoms with E-state index >= 15 is 0 Å². The zero-order chi connectivity index (χ0) is 13.1. The quantitative estimate of drug-likeness (QED) is 0.911. The summed E-state index contributed by atoms with van der Waals surface area (Å²) in [5, 5.41) is 2.86. The van der Waals surface area contributed by atoms with Gasteiger partial charge in [-0.25, -0.2) is 4.39 Å². The Bertz CT molecular complexity index is 459. The van der Waals surface area contributed by atoms with Crippen LogP contribution in [0.3, 0.4) is 0 Å². The lowest BCUT2D eigenvalue weighted by atomic mass is 10.1. The maximum Gasteiger partial charge on any atom is 0.254 e. The molecule has 1 fully saturated rings. The molecule has 0 unspecified atom stereocenters. The number of nitrogens with one attached hydrogen (secondary N) is 1. The zero-order valence-corrected chi connectivity index (χ0v) is 11.7. The van der Waals surface area contributed by atoms with Crippen LogP contribution in [-0.2, 0) is 4.74 Å². The van der Waals surface area contributed by atoms with Gasteiger partial charge in [0.15, 0.2) is 0 Å². The number of benzene rings is 1. The van der Waals surface area contributed by atoms with Crippen molar-refractivity contribution in [3.8, 4) is 0 Å². The molecule has 1 N–H and O–H groups in total. The van der Waals surface area contributed by atoms with Crippen LogP contribution in [0.2, 0.25) is 0 Å². The lowest BCUT2D eigenvalue weighted by Gasteiger charge is -2.23. The molecule has 98 valence electrons. The molecule has 18 heavy (non-hydrogen) atoms. The summed E-state index contributed by atoms with van der Waals surface area (Å²) in [5.74, 6) is -0.835. The summed E-state index contributed by atoms with van der Waals surface area (Å²) in [6, 6.07) is 2.98. The molecule has 3 nitrogen and oxygen atoms in total. The van der Waals surface area contributed by atoms with Crippen molar-refractivity contribution >= 4 is 21.8 Å². The summed E-state index contributed by atoms with van der Waals surface area (Å²) in [5.41, 5.74) is 0.746. The molecule has 0 bridgehead atoms. The molecular formula is C13H15BrFNO2. The number of hydrogen-bond acceptors (Lipinski definition) is 2. The molecule has 0 aromatic heterocycles. The Balaban J connectivity index is 2.15. The van der Waals surface area contributed by atoms with E-state index in [1.165, 1.54) is 6.07 Å². The van der Waals surface area contributed by atoms with E-state index in [1.807, 2.05) is 0 Å². The zero-order valence-electron chi connectivity index (χ0n) is 10.1. The van der Waals surface area contributed by atoms with E-state index in [2.05, 4.69) is 21.2 Å². The largest absolute Gasteiger partial charge is 0.381 e. The van der Waals surface area contributed by atoms with Crippen LogP contribution >= 0.6 is 15.9 Å². The molecule has 0 radical (unpaired) electrons. The highest BCUT2D eigenvalue weighted by Crippen LogP contribution is 2.22. The summed E-state index contributed by atoms with van der Waals surface area (Å²) in [7, 11) is 0. The lowest BCUT2D eigenvalue weighted by molar-refractivity contribution is 0.0694. The normalized spacial score (nSPS) is 16.6. The predicted molar refractivity (Wildman–Crippen MR) is 70.1 cm³/mol. The number of ether oxygens (including phenoxy) is 1. The van der Waals surface area contributed by atoms with Gasteiger partial charge in [-0.3, -0.25) is 4.79 Å². The van der Waals surface area contributed by atoms with E-state index in [0.717, 1.165) is 17.3 Å². The Hall–Kier alpha value is -0.940. The third-order valence-corrected chi connectivity index (χ3v) is 3.99. The molecule has 1 aromatic rings. The van der Waals surface area contributed by atoms with Crippen molar-refractivity contribution < 1.29 is 13.9 Å². The number of carbonyl (C=O) groups is 1. The first kappa shape index (κ1) is 13.5. The fourth-order valence-electron chi connectivity index (χ4n) is 2.03. The summed E-state index contributed by atoms with van der Waals surface area (Å²) >= 11 is 3.31. The Morgan fingerprint density at radius 1 is 1.44 bits per heavy atom. The Morgan fingerprint density at radius 3 is 2.78 bits per heavy atom. The smallest absolute Gasteiger partial charge is 0.254 e. The minimum Gasteiger partial charge on any atom is -0.381 e. The lowest BCUT2D eigenvalue weighted by Crippen LogP contribution is -2.39. The summed E-state index contributed by atoms with van der Waals surface area (Å²) in [6.07, 6.45) is 1.56. The first-order valence-electron chi connectivity index (χ1n) is 5.93. The van der Waals surface area contributed by atoms with E-state index in [4.69, 9.17) is 4.74 Å². The fraction of sp³-hybridized carbons (Fsp3) is 0.462. The molecule has 1 aliphatic rings. The Labute approximate surface area is 114 Å². The fourth-order valence-corrected chi connectivity index (χ4v) is 2.36. The van der Waals surface area contributed by atoms with E-state index in [-0.39, 0.29) is 17.5 Å². The first-order chi connectivity index (χ1) is 8.59. The van der Waals surface area contributed by atoms with Crippen LogP contribution in [0.4, 0.5) is 4.39 Å². The van der Waals surface area contributed by atoms with E-state index in [0.29, 0.717) is 18.8 Å². The van der Waals surface area contributed by atoms with Crippen LogP contribution < -0.4 is 5.32 Å². The maximum atomic E-state index is 13.7. The summed E-state index contributed by atoms with van der Waals surface area (Å²) in [4.78, 5) is 12.1. The highest BCUT2D eigenvalue weighted by atomic mass is 79.9. The van der Waals surface area contributed by atoms with Gasteiger partial charge in [0.25, 0.3) is 5.91 Å². The minimum atomic E-state index is -0.486. The Kier molecular flexibility index (Phi) is 4.35. The molecule has 5 heteroatoms. The van der Waals surface area contributed by atoms with Crippen LogP contribution in [0.5, 0.6) is 0 Å². The van der Waals surface area contributed by atoms with E-state index in [1.54, 1.807) is 13.0 Å². The number of rotatable bonds is 2. The van der Waals surface area contributed by atoms with Crippen molar-refractivity contribution in [3.05, 3.63) is 33.5 Å². The predicted octanol–water partition coefficient (Wildman–Crippen LogP) is 2.81. The van der Waals surface area contributed by atoms with E-state index < -0.39 is 5.82 Å². The van der Waals surface area contributed by atoms with Gasteiger partial charge in [-0.15, -0.1) is 0 Å². The van der Waals surface area contributed by atoms with Gasteiger partial charge in [0.1, 0.15) is 5.82 Å². The molecular weight excluding hydrogens is 301 g/mol. The molecule has 0 aliphatic carbocycles.